The highest BCUT2D eigenvalue weighted by Crippen LogP contribution is 2.32. The van der Waals surface area contributed by atoms with E-state index in [1.54, 1.807) is 0 Å². The van der Waals surface area contributed by atoms with Crippen molar-refractivity contribution in [2.75, 3.05) is 14.1 Å². The zero-order chi connectivity index (χ0) is 10.8. The monoisotopic (exact) mass is 195 g/mol. The van der Waals surface area contributed by atoms with Gasteiger partial charge >= 0.3 is 0 Å². The van der Waals surface area contributed by atoms with Crippen LogP contribution in [0.3, 0.4) is 0 Å². The van der Waals surface area contributed by atoms with Gasteiger partial charge in [0.1, 0.15) is 5.54 Å². The Morgan fingerprint density at radius 3 is 2.50 bits per heavy atom. The smallest absolute Gasteiger partial charge is 0.108 e. The molecule has 1 aliphatic rings. The topological polar surface area (TPSA) is 39.1 Å². The SMILES string of the molecule is CC(C)NC1(C#N)CCC(N(C)C)C1. The first kappa shape index (κ1) is 11.5. The molecule has 0 aromatic heterocycles. The average molecular weight is 195 g/mol. The highest BCUT2D eigenvalue weighted by atomic mass is 15.1. The Hall–Kier alpha value is -0.590. The summed E-state index contributed by atoms with van der Waals surface area (Å²) in [4.78, 5) is 2.22. The van der Waals surface area contributed by atoms with Gasteiger partial charge in [-0.2, -0.15) is 5.26 Å². The number of nitrogens with zero attached hydrogens (tertiary/aromatic N) is 2. The summed E-state index contributed by atoms with van der Waals surface area (Å²) in [6.07, 6.45) is 3.06. The van der Waals surface area contributed by atoms with Crippen LogP contribution in [0.4, 0.5) is 0 Å². The lowest BCUT2D eigenvalue weighted by Gasteiger charge is -2.26. The predicted octanol–water partition coefficient (Wildman–Crippen LogP) is 1.36. The Bertz CT molecular complexity index is 229. The summed E-state index contributed by atoms with van der Waals surface area (Å²) in [6.45, 7) is 4.20. The molecule has 2 unspecified atom stereocenters. The summed E-state index contributed by atoms with van der Waals surface area (Å²) in [5.41, 5.74) is -0.275. The van der Waals surface area contributed by atoms with Crippen LogP contribution in [0.2, 0.25) is 0 Å². The van der Waals surface area contributed by atoms with E-state index in [4.69, 9.17) is 0 Å². The van der Waals surface area contributed by atoms with E-state index in [0.29, 0.717) is 12.1 Å². The van der Waals surface area contributed by atoms with Crippen LogP contribution < -0.4 is 5.32 Å². The fraction of sp³-hybridized carbons (Fsp3) is 0.909. The second kappa shape index (κ2) is 4.29. The molecule has 0 bridgehead atoms. The minimum absolute atomic E-state index is 0.275. The van der Waals surface area contributed by atoms with Crippen LogP contribution in [0, 0.1) is 11.3 Å². The van der Waals surface area contributed by atoms with E-state index in [9.17, 15) is 5.26 Å². The number of hydrogen-bond donors (Lipinski definition) is 1. The second-order valence-corrected chi connectivity index (χ2v) is 4.85. The Labute approximate surface area is 87.1 Å². The number of hydrogen-bond acceptors (Lipinski definition) is 3. The van der Waals surface area contributed by atoms with Crippen LogP contribution in [0.15, 0.2) is 0 Å². The molecule has 1 saturated carbocycles. The molecule has 1 N–H and O–H groups in total. The van der Waals surface area contributed by atoms with Gasteiger partial charge in [0, 0.05) is 12.1 Å². The van der Waals surface area contributed by atoms with E-state index in [1.807, 2.05) is 0 Å². The molecule has 0 heterocycles. The van der Waals surface area contributed by atoms with E-state index >= 15 is 0 Å². The number of nitrogens with one attached hydrogen (secondary N) is 1. The van der Waals surface area contributed by atoms with Crippen molar-refractivity contribution in [1.29, 1.82) is 5.26 Å². The lowest BCUT2D eigenvalue weighted by molar-refractivity contribution is 0.279. The minimum Gasteiger partial charge on any atom is -0.306 e. The molecule has 3 nitrogen and oxygen atoms in total. The first-order chi connectivity index (χ1) is 6.49. The lowest BCUT2D eigenvalue weighted by Crippen LogP contribution is -2.46. The highest BCUT2D eigenvalue weighted by molar-refractivity contribution is 5.13. The van der Waals surface area contributed by atoms with E-state index < -0.39 is 0 Å². The van der Waals surface area contributed by atoms with Crippen LogP contribution in [0.1, 0.15) is 33.1 Å². The van der Waals surface area contributed by atoms with Crippen molar-refractivity contribution < 1.29 is 0 Å². The van der Waals surface area contributed by atoms with Crippen LogP contribution in [-0.4, -0.2) is 36.6 Å². The van der Waals surface area contributed by atoms with Crippen LogP contribution in [0.25, 0.3) is 0 Å². The molecule has 0 aromatic carbocycles. The third-order valence-corrected chi connectivity index (χ3v) is 3.00. The summed E-state index contributed by atoms with van der Waals surface area (Å²) in [7, 11) is 4.18. The molecule has 0 spiro atoms. The molecule has 2 atom stereocenters. The zero-order valence-electron chi connectivity index (χ0n) is 9.67. The fourth-order valence-electron chi connectivity index (χ4n) is 2.28. The van der Waals surface area contributed by atoms with Crippen molar-refractivity contribution in [2.24, 2.45) is 0 Å². The first-order valence-corrected chi connectivity index (χ1v) is 5.34. The molecule has 0 amide bonds. The Morgan fingerprint density at radius 2 is 2.14 bits per heavy atom. The largest absolute Gasteiger partial charge is 0.306 e. The molecule has 1 rings (SSSR count). The van der Waals surface area contributed by atoms with Crippen LogP contribution >= 0.6 is 0 Å². The van der Waals surface area contributed by atoms with Crippen molar-refractivity contribution in [2.45, 2.75) is 50.7 Å². The van der Waals surface area contributed by atoms with Crippen molar-refractivity contribution >= 4 is 0 Å². The van der Waals surface area contributed by atoms with E-state index in [-0.39, 0.29) is 5.54 Å². The zero-order valence-corrected chi connectivity index (χ0v) is 9.67. The Morgan fingerprint density at radius 1 is 1.50 bits per heavy atom. The molecule has 1 fully saturated rings. The van der Waals surface area contributed by atoms with Gasteiger partial charge in [-0.25, -0.2) is 0 Å². The summed E-state index contributed by atoms with van der Waals surface area (Å²) in [5.74, 6) is 0. The van der Waals surface area contributed by atoms with Crippen LogP contribution in [-0.2, 0) is 0 Å². The van der Waals surface area contributed by atoms with E-state index in [1.165, 1.54) is 0 Å². The van der Waals surface area contributed by atoms with Crippen LogP contribution in [0.5, 0.6) is 0 Å². The van der Waals surface area contributed by atoms with E-state index in [2.05, 4.69) is 44.2 Å². The Kier molecular flexibility index (Phi) is 3.52. The molecule has 80 valence electrons. The van der Waals surface area contributed by atoms with Gasteiger partial charge in [0.2, 0.25) is 0 Å². The average Bonchev–Trinajstić information content (AvgIpc) is 2.49. The summed E-state index contributed by atoms with van der Waals surface area (Å²) in [6, 6.07) is 3.40. The molecule has 0 saturated heterocycles. The molecular formula is C11H21N3. The van der Waals surface area contributed by atoms with Gasteiger partial charge in [-0.05, 0) is 47.2 Å². The maximum atomic E-state index is 9.23. The summed E-state index contributed by atoms with van der Waals surface area (Å²) < 4.78 is 0. The predicted molar refractivity (Wildman–Crippen MR) is 57.9 cm³/mol. The third-order valence-electron chi connectivity index (χ3n) is 3.00. The molecule has 14 heavy (non-hydrogen) atoms. The van der Waals surface area contributed by atoms with Gasteiger partial charge in [-0.1, -0.05) is 0 Å². The highest BCUT2D eigenvalue weighted by Gasteiger charge is 2.40. The second-order valence-electron chi connectivity index (χ2n) is 4.85. The van der Waals surface area contributed by atoms with Crippen molar-refractivity contribution in [3.63, 3.8) is 0 Å². The van der Waals surface area contributed by atoms with Crippen molar-refractivity contribution in [1.82, 2.24) is 10.2 Å². The number of rotatable bonds is 3. The lowest BCUT2D eigenvalue weighted by atomic mass is 9.98. The first-order valence-electron chi connectivity index (χ1n) is 5.34. The maximum absolute atomic E-state index is 9.23. The van der Waals surface area contributed by atoms with Crippen molar-refractivity contribution in [3.8, 4) is 6.07 Å². The standard InChI is InChI=1S/C11H21N3/c1-9(2)13-11(8-12)6-5-10(7-11)14(3)4/h9-10,13H,5-7H2,1-4H3. The van der Waals surface area contributed by atoms with E-state index in [0.717, 1.165) is 19.3 Å². The van der Waals surface area contributed by atoms with Gasteiger partial charge in [-0.3, -0.25) is 5.32 Å². The molecular weight excluding hydrogens is 174 g/mol. The maximum Gasteiger partial charge on any atom is 0.108 e. The van der Waals surface area contributed by atoms with Gasteiger partial charge in [0.15, 0.2) is 0 Å². The van der Waals surface area contributed by atoms with Gasteiger partial charge in [0.05, 0.1) is 6.07 Å². The summed E-state index contributed by atoms with van der Waals surface area (Å²) in [5, 5.41) is 12.6. The van der Waals surface area contributed by atoms with Gasteiger partial charge in [-0.15, -0.1) is 0 Å². The quantitative estimate of drug-likeness (QED) is 0.739. The molecule has 0 aliphatic heterocycles. The van der Waals surface area contributed by atoms with Gasteiger partial charge in [0.25, 0.3) is 0 Å². The molecule has 3 heteroatoms. The Balaban J connectivity index is 2.63. The number of nitriles is 1. The fourth-order valence-corrected chi connectivity index (χ4v) is 2.28. The molecule has 0 radical (unpaired) electrons. The third kappa shape index (κ3) is 2.46. The van der Waals surface area contributed by atoms with Crippen molar-refractivity contribution in [3.05, 3.63) is 0 Å². The summed E-state index contributed by atoms with van der Waals surface area (Å²) >= 11 is 0. The minimum atomic E-state index is -0.275. The molecule has 0 aromatic rings. The molecule has 1 aliphatic carbocycles. The van der Waals surface area contributed by atoms with Gasteiger partial charge < -0.3 is 4.90 Å². The normalized spacial score (nSPS) is 32.5.